The van der Waals surface area contributed by atoms with Crippen molar-refractivity contribution in [3.05, 3.63) is 42.5 Å². The van der Waals surface area contributed by atoms with E-state index in [0.717, 1.165) is 25.3 Å². The number of carbonyl (C=O) groups is 1. The Balaban J connectivity index is 1.32. The molecule has 0 aliphatic carbocycles. The van der Waals surface area contributed by atoms with Crippen LogP contribution in [0, 0.1) is 11.8 Å². The number of likely N-dealkylation sites (tertiary alicyclic amines) is 1. The second kappa shape index (κ2) is 6.84. The normalized spacial score (nSPS) is 25.2. The van der Waals surface area contributed by atoms with Crippen LogP contribution in [0.25, 0.3) is 0 Å². The van der Waals surface area contributed by atoms with Crippen LogP contribution in [0.5, 0.6) is 5.75 Å². The summed E-state index contributed by atoms with van der Waals surface area (Å²) in [7, 11) is 1.79. The van der Waals surface area contributed by atoms with E-state index < -0.39 is 0 Å². The lowest BCUT2D eigenvalue weighted by Crippen LogP contribution is -2.32. The summed E-state index contributed by atoms with van der Waals surface area (Å²) in [5, 5.41) is 4.08. The lowest BCUT2D eigenvalue weighted by atomic mass is 9.91. The van der Waals surface area contributed by atoms with Crippen LogP contribution in [0.1, 0.15) is 16.9 Å². The van der Waals surface area contributed by atoms with Crippen molar-refractivity contribution in [2.24, 2.45) is 18.9 Å². The van der Waals surface area contributed by atoms with Crippen molar-refractivity contribution >= 4 is 5.91 Å². The third-order valence-corrected chi connectivity index (χ3v) is 5.16. The largest absolute Gasteiger partial charge is 0.492 e. The summed E-state index contributed by atoms with van der Waals surface area (Å²) in [6.45, 7) is 2.79. The molecule has 0 aromatic carbocycles. The van der Waals surface area contributed by atoms with Gasteiger partial charge in [-0.3, -0.25) is 14.5 Å². The highest BCUT2D eigenvalue weighted by Gasteiger charge is 2.45. The number of carbonyl (C=O) groups excluding carboxylic acids is 1. The van der Waals surface area contributed by atoms with Gasteiger partial charge in [0.05, 0.1) is 25.5 Å². The van der Waals surface area contributed by atoms with E-state index in [1.807, 2.05) is 17.0 Å². The maximum absolute atomic E-state index is 12.6. The topological polar surface area (TPSA) is 69.5 Å². The minimum absolute atomic E-state index is 0.0309. The SMILES string of the molecule is Cn1nccc1C(=O)N1C[C@@H]2[C@H](CCOc3cccnc3)CO[C@@H]2C1. The smallest absolute Gasteiger partial charge is 0.272 e. The van der Waals surface area contributed by atoms with E-state index in [4.69, 9.17) is 9.47 Å². The van der Waals surface area contributed by atoms with Crippen LogP contribution in [-0.4, -0.2) is 58.0 Å². The summed E-state index contributed by atoms with van der Waals surface area (Å²) >= 11 is 0. The fourth-order valence-electron chi connectivity index (χ4n) is 3.77. The third kappa shape index (κ3) is 3.24. The highest BCUT2D eigenvalue weighted by Crippen LogP contribution is 2.36. The molecule has 2 aliphatic heterocycles. The molecule has 0 spiro atoms. The molecule has 3 atom stereocenters. The van der Waals surface area contributed by atoms with Gasteiger partial charge in [0.2, 0.25) is 0 Å². The van der Waals surface area contributed by atoms with Gasteiger partial charge >= 0.3 is 0 Å². The highest BCUT2D eigenvalue weighted by atomic mass is 16.5. The zero-order valence-electron chi connectivity index (χ0n) is 14.2. The Morgan fingerprint density at radius 1 is 1.36 bits per heavy atom. The molecular weight excluding hydrogens is 320 g/mol. The van der Waals surface area contributed by atoms with Gasteiger partial charge in [0.1, 0.15) is 11.4 Å². The van der Waals surface area contributed by atoms with E-state index in [1.54, 1.807) is 36.4 Å². The Labute approximate surface area is 146 Å². The number of hydrogen-bond acceptors (Lipinski definition) is 5. The summed E-state index contributed by atoms with van der Waals surface area (Å²) in [5.74, 6) is 1.63. The standard InChI is InChI=1S/C18H22N4O3/c1-21-16(4-7-20-21)18(23)22-10-15-13(12-25-17(15)11-22)5-8-24-14-3-2-6-19-9-14/h2-4,6-7,9,13,15,17H,5,8,10-12H2,1H3/t13-,15-,17-/m1/s1. The maximum Gasteiger partial charge on any atom is 0.272 e. The lowest BCUT2D eigenvalue weighted by molar-refractivity contribution is 0.0663. The van der Waals surface area contributed by atoms with Crippen LogP contribution in [0.4, 0.5) is 0 Å². The molecule has 0 saturated carbocycles. The van der Waals surface area contributed by atoms with E-state index in [0.29, 0.717) is 30.7 Å². The van der Waals surface area contributed by atoms with Crippen LogP contribution in [-0.2, 0) is 11.8 Å². The second-order valence-electron chi connectivity index (χ2n) is 6.67. The van der Waals surface area contributed by atoms with Gasteiger partial charge in [-0.2, -0.15) is 5.10 Å². The van der Waals surface area contributed by atoms with Gasteiger partial charge in [-0.05, 0) is 30.5 Å². The quantitative estimate of drug-likeness (QED) is 0.821. The number of rotatable bonds is 5. The van der Waals surface area contributed by atoms with Gasteiger partial charge < -0.3 is 14.4 Å². The molecule has 4 rings (SSSR count). The number of ether oxygens (including phenoxy) is 2. The van der Waals surface area contributed by atoms with Crippen molar-refractivity contribution in [2.45, 2.75) is 12.5 Å². The zero-order chi connectivity index (χ0) is 17.2. The number of aryl methyl sites for hydroxylation is 1. The summed E-state index contributed by atoms with van der Waals surface area (Å²) in [4.78, 5) is 18.6. The molecule has 1 amide bonds. The summed E-state index contributed by atoms with van der Waals surface area (Å²) in [6, 6.07) is 5.53. The van der Waals surface area contributed by atoms with Crippen molar-refractivity contribution < 1.29 is 14.3 Å². The third-order valence-electron chi connectivity index (χ3n) is 5.16. The van der Waals surface area contributed by atoms with Gasteiger partial charge in [-0.15, -0.1) is 0 Å². The van der Waals surface area contributed by atoms with Crippen LogP contribution in [0.2, 0.25) is 0 Å². The monoisotopic (exact) mass is 342 g/mol. The van der Waals surface area contributed by atoms with Crippen molar-refractivity contribution in [1.29, 1.82) is 0 Å². The van der Waals surface area contributed by atoms with Gasteiger partial charge in [0.15, 0.2) is 0 Å². The van der Waals surface area contributed by atoms with Crippen molar-refractivity contribution in [1.82, 2.24) is 19.7 Å². The Hall–Kier alpha value is -2.41. The molecule has 2 fully saturated rings. The minimum Gasteiger partial charge on any atom is -0.492 e. The first kappa shape index (κ1) is 16.1. The average molecular weight is 342 g/mol. The number of hydrogen-bond donors (Lipinski definition) is 0. The van der Waals surface area contributed by atoms with Gasteiger partial charge in [-0.1, -0.05) is 0 Å². The van der Waals surface area contributed by atoms with E-state index in [1.165, 1.54) is 0 Å². The number of fused-ring (bicyclic) bond motifs is 1. The predicted molar refractivity (Wildman–Crippen MR) is 90.2 cm³/mol. The number of amides is 1. The Morgan fingerprint density at radius 3 is 3.04 bits per heavy atom. The van der Waals surface area contributed by atoms with Gasteiger partial charge in [0.25, 0.3) is 5.91 Å². The van der Waals surface area contributed by atoms with E-state index in [-0.39, 0.29) is 12.0 Å². The molecule has 2 aliphatic rings. The molecule has 25 heavy (non-hydrogen) atoms. The average Bonchev–Trinajstić information content (AvgIpc) is 3.32. The molecule has 0 radical (unpaired) electrons. The summed E-state index contributed by atoms with van der Waals surface area (Å²) in [6.07, 6.45) is 6.16. The van der Waals surface area contributed by atoms with E-state index in [2.05, 4.69) is 10.1 Å². The Morgan fingerprint density at radius 2 is 2.28 bits per heavy atom. The first-order valence-corrected chi connectivity index (χ1v) is 8.64. The first-order valence-electron chi connectivity index (χ1n) is 8.64. The molecule has 4 heterocycles. The highest BCUT2D eigenvalue weighted by molar-refractivity contribution is 5.92. The van der Waals surface area contributed by atoms with Crippen molar-refractivity contribution in [2.75, 3.05) is 26.3 Å². The summed E-state index contributed by atoms with van der Waals surface area (Å²) < 4.78 is 13.3. The Kier molecular flexibility index (Phi) is 4.40. The summed E-state index contributed by atoms with van der Waals surface area (Å²) in [5.41, 5.74) is 0.622. The lowest BCUT2D eigenvalue weighted by Gasteiger charge is -2.20. The van der Waals surface area contributed by atoms with E-state index in [9.17, 15) is 4.79 Å². The van der Waals surface area contributed by atoms with Crippen LogP contribution in [0.3, 0.4) is 0 Å². The molecule has 132 valence electrons. The fraction of sp³-hybridized carbons (Fsp3) is 0.500. The maximum atomic E-state index is 12.6. The molecule has 2 aromatic heterocycles. The van der Waals surface area contributed by atoms with Gasteiger partial charge in [0, 0.05) is 38.4 Å². The Bertz CT molecular complexity index is 733. The zero-order valence-corrected chi connectivity index (χ0v) is 14.2. The molecule has 2 aromatic rings. The van der Waals surface area contributed by atoms with Crippen LogP contribution < -0.4 is 4.74 Å². The van der Waals surface area contributed by atoms with Crippen molar-refractivity contribution in [3.63, 3.8) is 0 Å². The second-order valence-corrected chi connectivity index (χ2v) is 6.67. The molecule has 7 heteroatoms. The molecular formula is C18H22N4O3. The fourth-order valence-corrected chi connectivity index (χ4v) is 3.77. The number of nitrogens with zero attached hydrogens (tertiary/aromatic N) is 4. The molecule has 0 bridgehead atoms. The van der Waals surface area contributed by atoms with Crippen molar-refractivity contribution in [3.8, 4) is 5.75 Å². The predicted octanol–water partition coefficient (Wildman–Crippen LogP) is 1.37. The molecule has 0 N–H and O–H groups in total. The van der Waals surface area contributed by atoms with Crippen LogP contribution >= 0.6 is 0 Å². The van der Waals surface area contributed by atoms with Gasteiger partial charge in [-0.25, -0.2) is 0 Å². The number of pyridine rings is 1. The minimum atomic E-state index is 0.0309. The van der Waals surface area contributed by atoms with Crippen LogP contribution in [0.15, 0.2) is 36.8 Å². The molecule has 0 unspecified atom stereocenters. The first-order chi connectivity index (χ1) is 12.2. The molecule has 2 saturated heterocycles. The molecule has 7 nitrogen and oxygen atoms in total. The van der Waals surface area contributed by atoms with E-state index >= 15 is 0 Å². The number of aromatic nitrogens is 3.